The number of epoxide rings is 1. The van der Waals surface area contributed by atoms with E-state index >= 15 is 0 Å². The van der Waals surface area contributed by atoms with Crippen molar-refractivity contribution >= 4 is 11.8 Å². The summed E-state index contributed by atoms with van der Waals surface area (Å²) in [4.78, 5) is 11.8. The van der Waals surface area contributed by atoms with Crippen molar-refractivity contribution in [3.63, 3.8) is 0 Å². The molecule has 5 nitrogen and oxygen atoms in total. The molecule has 1 amide bonds. The van der Waals surface area contributed by atoms with Gasteiger partial charge < -0.3 is 14.2 Å². The Hall–Kier alpha value is -1.75. The van der Waals surface area contributed by atoms with Gasteiger partial charge in [-0.1, -0.05) is 0 Å². The fourth-order valence-corrected chi connectivity index (χ4v) is 1.69. The van der Waals surface area contributed by atoms with Crippen molar-refractivity contribution in [2.24, 2.45) is 0 Å². The van der Waals surface area contributed by atoms with E-state index in [-0.39, 0.29) is 6.10 Å². The minimum absolute atomic E-state index is 0.0278. The van der Waals surface area contributed by atoms with Crippen molar-refractivity contribution in [3.8, 4) is 5.75 Å². The molecule has 0 saturated carbocycles. The third kappa shape index (κ3) is 3.86. The van der Waals surface area contributed by atoms with Crippen LogP contribution in [0.25, 0.3) is 0 Å². The predicted molar refractivity (Wildman–Crippen MR) is 71.5 cm³/mol. The predicted octanol–water partition coefficient (Wildman–Crippen LogP) is 3.11. The Morgan fingerprint density at radius 1 is 1.42 bits per heavy atom. The summed E-state index contributed by atoms with van der Waals surface area (Å²) >= 11 is 0. The molecule has 1 saturated heterocycles. The van der Waals surface area contributed by atoms with Crippen LogP contribution in [-0.4, -0.2) is 25.4 Å². The van der Waals surface area contributed by atoms with E-state index in [2.05, 4.69) is 5.32 Å². The number of methoxy groups -OCH3 is 1. The number of carbonyl (C=O) groups is 1. The van der Waals surface area contributed by atoms with E-state index in [0.29, 0.717) is 12.3 Å². The molecule has 0 bridgehead atoms. The molecule has 0 aliphatic carbocycles. The molecule has 1 heterocycles. The van der Waals surface area contributed by atoms with Gasteiger partial charge in [0.15, 0.2) is 0 Å². The summed E-state index contributed by atoms with van der Waals surface area (Å²) in [6.07, 6.45) is -0.445. The molecule has 1 N–H and O–H groups in total. The number of carbonyl (C=O) groups excluding carboxylic acids is 1. The molecule has 0 unspecified atom stereocenters. The molecule has 19 heavy (non-hydrogen) atoms. The van der Waals surface area contributed by atoms with Crippen LogP contribution in [0.4, 0.5) is 10.5 Å². The molecule has 0 spiro atoms. The van der Waals surface area contributed by atoms with Crippen LogP contribution in [0.1, 0.15) is 32.4 Å². The second-order valence-corrected chi connectivity index (χ2v) is 5.40. The monoisotopic (exact) mass is 265 g/mol. The highest BCUT2D eigenvalue weighted by molar-refractivity contribution is 5.86. The third-order valence-electron chi connectivity index (χ3n) is 2.57. The van der Waals surface area contributed by atoms with Crippen LogP contribution in [0.5, 0.6) is 5.75 Å². The van der Waals surface area contributed by atoms with Gasteiger partial charge in [-0.25, -0.2) is 4.79 Å². The molecular formula is C14H19NO4. The first-order valence-electron chi connectivity index (χ1n) is 6.18. The lowest BCUT2D eigenvalue weighted by Gasteiger charge is -2.20. The maximum absolute atomic E-state index is 11.8. The number of rotatable bonds is 3. The third-order valence-corrected chi connectivity index (χ3v) is 2.57. The summed E-state index contributed by atoms with van der Waals surface area (Å²) < 4.78 is 15.7. The van der Waals surface area contributed by atoms with Crippen LogP contribution in [0, 0.1) is 0 Å². The molecule has 1 aliphatic heterocycles. The first-order valence-corrected chi connectivity index (χ1v) is 6.18. The smallest absolute Gasteiger partial charge is 0.412 e. The Balaban J connectivity index is 2.13. The van der Waals surface area contributed by atoms with Crippen molar-refractivity contribution in [3.05, 3.63) is 23.8 Å². The van der Waals surface area contributed by atoms with Crippen LogP contribution in [-0.2, 0) is 9.47 Å². The highest BCUT2D eigenvalue weighted by Crippen LogP contribution is 2.37. The number of hydrogen-bond donors (Lipinski definition) is 1. The van der Waals surface area contributed by atoms with E-state index in [1.807, 2.05) is 26.8 Å². The molecular weight excluding hydrogens is 246 g/mol. The molecule has 1 aromatic rings. The number of anilines is 1. The standard InChI is InChI=1S/C14H19NO4/c1-14(2,3)19-13(16)15-11-6-5-9(17-4)7-10(11)12-8-18-12/h5-7,12H,8H2,1-4H3,(H,15,16)/t12-/m1/s1. The zero-order valence-electron chi connectivity index (χ0n) is 11.6. The van der Waals surface area contributed by atoms with E-state index in [1.54, 1.807) is 19.2 Å². The lowest BCUT2D eigenvalue weighted by Crippen LogP contribution is -2.27. The maximum Gasteiger partial charge on any atom is 0.412 e. The SMILES string of the molecule is COc1ccc(NC(=O)OC(C)(C)C)c([C@H]2CO2)c1. The summed E-state index contributed by atoms with van der Waals surface area (Å²) in [6.45, 7) is 6.14. The number of hydrogen-bond acceptors (Lipinski definition) is 4. The van der Waals surface area contributed by atoms with Crippen LogP contribution in [0.15, 0.2) is 18.2 Å². The minimum Gasteiger partial charge on any atom is -0.497 e. The van der Waals surface area contributed by atoms with Crippen LogP contribution in [0.3, 0.4) is 0 Å². The summed E-state index contributed by atoms with van der Waals surface area (Å²) in [5.74, 6) is 0.736. The lowest BCUT2D eigenvalue weighted by molar-refractivity contribution is 0.0635. The summed E-state index contributed by atoms with van der Waals surface area (Å²) in [6, 6.07) is 5.45. The molecule has 1 fully saturated rings. The number of benzene rings is 1. The van der Waals surface area contributed by atoms with E-state index in [4.69, 9.17) is 14.2 Å². The summed E-state index contributed by atoms with van der Waals surface area (Å²) in [5, 5.41) is 2.74. The van der Waals surface area contributed by atoms with Gasteiger partial charge in [-0.2, -0.15) is 0 Å². The Morgan fingerprint density at radius 2 is 2.11 bits per heavy atom. The number of ether oxygens (including phenoxy) is 3. The van der Waals surface area contributed by atoms with Gasteiger partial charge in [0, 0.05) is 5.56 Å². The van der Waals surface area contributed by atoms with E-state index in [0.717, 1.165) is 11.3 Å². The molecule has 5 heteroatoms. The maximum atomic E-state index is 11.8. The van der Waals surface area contributed by atoms with E-state index in [9.17, 15) is 4.79 Å². The Kier molecular flexibility index (Phi) is 3.66. The van der Waals surface area contributed by atoms with Crippen molar-refractivity contribution in [1.29, 1.82) is 0 Å². The van der Waals surface area contributed by atoms with Crippen molar-refractivity contribution in [1.82, 2.24) is 0 Å². The zero-order valence-corrected chi connectivity index (χ0v) is 11.6. The normalized spacial score (nSPS) is 17.8. The highest BCUT2D eigenvalue weighted by Gasteiger charge is 2.29. The van der Waals surface area contributed by atoms with Crippen molar-refractivity contribution in [2.45, 2.75) is 32.5 Å². The molecule has 0 radical (unpaired) electrons. The molecule has 2 rings (SSSR count). The van der Waals surface area contributed by atoms with Crippen LogP contribution < -0.4 is 10.1 Å². The first kappa shape index (κ1) is 13.7. The molecule has 1 aliphatic rings. The molecule has 104 valence electrons. The van der Waals surface area contributed by atoms with Gasteiger partial charge in [0.1, 0.15) is 17.5 Å². The topological polar surface area (TPSA) is 60.1 Å². The van der Waals surface area contributed by atoms with Gasteiger partial charge in [0.05, 0.1) is 19.4 Å². The van der Waals surface area contributed by atoms with Crippen LogP contribution in [0.2, 0.25) is 0 Å². The van der Waals surface area contributed by atoms with Gasteiger partial charge in [-0.15, -0.1) is 0 Å². The average Bonchev–Trinajstić information content (AvgIpc) is 3.10. The summed E-state index contributed by atoms with van der Waals surface area (Å²) in [7, 11) is 1.60. The fourth-order valence-electron chi connectivity index (χ4n) is 1.69. The second-order valence-electron chi connectivity index (χ2n) is 5.40. The largest absolute Gasteiger partial charge is 0.497 e. The average molecular weight is 265 g/mol. The Labute approximate surface area is 112 Å². The van der Waals surface area contributed by atoms with E-state index in [1.165, 1.54) is 0 Å². The number of amides is 1. The van der Waals surface area contributed by atoms with Crippen LogP contribution >= 0.6 is 0 Å². The zero-order chi connectivity index (χ0) is 14.0. The first-order chi connectivity index (χ1) is 8.89. The van der Waals surface area contributed by atoms with Crippen molar-refractivity contribution in [2.75, 3.05) is 19.0 Å². The molecule has 1 atom stereocenters. The van der Waals surface area contributed by atoms with Gasteiger partial charge >= 0.3 is 6.09 Å². The van der Waals surface area contributed by atoms with Gasteiger partial charge in [-0.3, -0.25) is 5.32 Å². The lowest BCUT2D eigenvalue weighted by atomic mass is 10.1. The van der Waals surface area contributed by atoms with Crippen molar-refractivity contribution < 1.29 is 19.0 Å². The Bertz CT molecular complexity index is 475. The molecule has 0 aromatic heterocycles. The van der Waals surface area contributed by atoms with Gasteiger partial charge in [0.25, 0.3) is 0 Å². The number of nitrogens with one attached hydrogen (secondary N) is 1. The van der Waals surface area contributed by atoms with Gasteiger partial charge in [0.2, 0.25) is 0 Å². The summed E-state index contributed by atoms with van der Waals surface area (Å²) in [5.41, 5.74) is 1.08. The second kappa shape index (κ2) is 5.09. The van der Waals surface area contributed by atoms with Gasteiger partial charge in [-0.05, 0) is 39.0 Å². The Morgan fingerprint density at radius 3 is 2.63 bits per heavy atom. The fraction of sp³-hybridized carbons (Fsp3) is 0.500. The quantitative estimate of drug-likeness (QED) is 0.853. The molecule has 1 aromatic carbocycles. The minimum atomic E-state index is -0.521. The highest BCUT2D eigenvalue weighted by atomic mass is 16.6. The van der Waals surface area contributed by atoms with E-state index < -0.39 is 11.7 Å².